The molecule has 2 saturated heterocycles. The number of nitrogens with zero attached hydrogens (tertiary/aromatic N) is 2. The lowest BCUT2D eigenvalue weighted by Crippen LogP contribution is -2.34. The molecule has 2 unspecified atom stereocenters. The third-order valence-electron chi connectivity index (χ3n) is 5.91. The molecular formula is C21H30N2O2. The number of rotatable bonds is 6. The van der Waals surface area contributed by atoms with Crippen LogP contribution in [0, 0.1) is 11.3 Å². The summed E-state index contributed by atoms with van der Waals surface area (Å²) in [6.07, 6.45) is 5.18. The number of benzene rings is 1. The number of nitriles is 1. The van der Waals surface area contributed by atoms with Crippen LogP contribution in [0.15, 0.2) is 24.3 Å². The minimum atomic E-state index is -0.419. The zero-order valence-electron chi connectivity index (χ0n) is 15.5. The average molecular weight is 342 g/mol. The highest BCUT2D eigenvalue weighted by molar-refractivity contribution is 5.38. The van der Waals surface area contributed by atoms with E-state index in [-0.39, 0.29) is 0 Å². The molecule has 2 atom stereocenters. The summed E-state index contributed by atoms with van der Waals surface area (Å²) >= 11 is 0. The van der Waals surface area contributed by atoms with Crippen LogP contribution >= 0.6 is 0 Å². The summed E-state index contributed by atoms with van der Waals surface area (Å²) < 4.78 is 11.4. The highest BCUT2D eigenvalue weighted by Gasteiger charge is 2.34. The summed E-state index contributed by atoms with van der Waals surface area (Å²) in [6.45, 7) is 7.78. The summed E-state index contributed by atoms with van der Waals surface area (Å²) in [4.78, 5) is 2.59. The molecule has 4 nitrogen and oxygen atoms in total. The van der Waals surface area contributed by atoms with Crippen molar-refractivity contribution in [3.05, 3.63) is 29.8 Å². The molecule has 2 fully saturated rings. The summed E-state index contributed by atoms with van der Waals surface area (Å²) in [5.74, 6) is 0.876. The maximum absolute atomic E-state index is 9.72. The van der Waals surface area contributed by atoms with Crippen molar-refractivity contribution in [1.82, 2.24) is 4.90 Å². The minimum absolute atomic E-state index is 0.419. The summed E-state index contributed by atoms with van der Waals surface area (Å²) in [7, 11) is 0. The Morgan fingerprint density at radius 2 is 1.96 bits per heavy atom. The standard InChI is InChI=1S/C21H30N2O2/c1-17-7-8-18(2)23(17)11-4-12-25-20-6-3-5-19(15-20)21(16-22)9-13-24-14-10-21/h3,5-6,15,17-18H,4,7-14H2,1-2H3. The largest absolute Gasteiger partial charge is 0.494 e. The smallest absolute Gasteiger partial charge is 0.119 e. The Bertz CT molecular complexity index is 594. The molecular weight excluding hydrogens is 312 g/mol. The highest BCUT2D eigenvalue weighted by atomic mass is 16.5. The van der Waals surface area contributed by atoms with Gasteiger partial charge >= 0.3 is 0 Å². The van der Waals surface area contributed by atoms with Crippen LogP contribution in [-0.4, -0.2) is 43.3 Å². The van der Waals surface area contributed by atoms with Gasteiger partial charge in [-0.2, -0.15) is 5.26 Å². The predicted octanol–water partition coefficient (Wildman–Crippen LogP) is 3.90. The zero-order valence-corrected chi connectivity index (χ0v) is 15.5. The molecule has 0 saturated carbocycles. The van der Waals surface area contributed by atoms with Crippen molar-refractivity contribution < 1.29 is 9.47 Å². The summed E-state index contributed by atoms with van der Waals surface area (Å²) in [5.41, 5.74) is 0.649. The van der Waals surface area contributed by atoms with Crippen LogP contribution in [-0.2, 0) is 10.2 Å². The third kappa shape index (κ3) is 4.16. The van der Waals surface area contributed by atoms with E-state index in [1.54, 1.807) is 0 Å². The molecule has 2 aliphatic rings. The topological polar surface area (TPSA) is 45.5 Å². The van der Waals surface area contributed by atoms with E-state index in [0.717, 1.165) is 43.7 Å². The Morgan fingerprint density at radius 1 is 1.24 bits per heavy atom. The van der Waals surface area contributed by atoms with Crippen molar-refractivity contribution in [2.75, 3.05) is 26.4 Å². The van der Waals surface area contributed by atoms with Crippen LogP contribution in [0.5, 0.6) is 5.75 Å². The van der Waals surface area contributed by atoms with Gasteiger partial charge in [-0.1, -0.05) is 12.1 Å². The molecule has 1 aromatic carbocycles. The van der Waals surface area contributed by atoms with E-state index >= 15 is 0 Å². The van der Waals surface area contributed by atoms with E-state index in [2.05, 4.69) is 36.9 Å². The Labute approximate surface area is 151 Å². The van der Waals surface area contributed by atoms with E-state index in [0.29, 0.717) is 25.3 Å². The van der Waals surface area contributed by atoms with Crippen molar-refractivity contribution >= 4 is 0 Å². The van der Waals surface area contributed by atoms with Gasteiger partial charge in [-0.05, 0) is 63.6 Å². The molecule has 0 N–H and O–H groups in total. The molecule has 0 bridgehead atoms. The molecule has 0 amide bonds. The number of ether oxygens (including phenoxy) is 2. The summed E-state index contributed by atoms with van der Waals surface area (Å²) in [6, 6.07) is 12.0. The Kier molecular flexibility index (Phi) is 5.98. The average Bonchev–Trinajstić information content (AvgIpc) is 2.98. The van der Waals surface area contributed by atoms with Crippen LogP contribution in [0.2, 0.25) is 0 Å². The third-order valence-corrected chi connectivity index (χ3v) is 5.91. The molecule has 25 heavy (non-hydrogen) atoms. The molecule has 136 valence electrons. The van der Waals surface area contributed by atoms with Gasteiger partial charge in [0.2, 0.25) is 0 Å². The monoisotopic (exact) mass is 342 g/mol. The van der Waals surface area contributed by atoms with Crippen LogP contribution in [0.1, 0.15) is 51.5 Å². The van der Waals surface area contributed by atoms with E-state index in [9.17, 15) is 5.26 Å². The predicted molar refractivity (Wildman–Crippen MR) is 98.8 cm³/mol. The van der Waals surface area contributed by atoms with E-state index in [1.165, 1.54) is 12.8 Å². The molecule has 0 radical (unpaired) electrons. The van der Waals surface area contributed by atoms with Crippen molar-refractivity contribution in [2.45, 2.75) is 63.5 Å². The van der Waals surface area contributed by atoms with E-state index in [1.807, 2.05) is 12.1 Å². The zero-order chi connectivity index (χ0) is 17.7. The Balaban J connectivity index is 1.54. The van der Waals surface area contributed by atoms with Gasteiger partial charge in [0, 0.05) is 31.8 Å². The second kappa shape index (κ2) is 8.21. The molecule has 0 aromatic heterocycles. The first-order valence-electron chi connectivity index (χ1n) is 9.63. The maximum Gasteiger partial charge on any atom is 0.119 e. The van der Waals surface area contributed by atoms with Crippen LogP contribution in [0.3, 0.4) is 0 Å². The fourth-order valence-electron chi connectivity index (χ4n) is 4.19. The number of likely N-dealkylation sites (tertiary alicyclic amines) is 1. The SMILES string of the molecule is CC1CCC(C)N1CCCOc1cccc(C2(C#N)CCOCC2)c1. The fraction of sp³-hybridized carbons (Fsp3) is 0.667. The second-order valence-electron chi connectivity index (χ2n) is 7.55. The molecule has 2 heterocycles. The van der Waals surface area contributed by atoms with Crippen molar-refractivity contribution in [1.29, 1.82) is 5.26 Å². The quantitative estimate of drug-likeness (QED) is 0.736. The van der Waals surface area contributed by atoms with Gasteiger partial charge < -0.3 is 9.47 Å². The number of hydrogen-bond donors (Lipinski definition) is 0. The normalized spacial score (nSPS) is 26.3. The van der Waals surface area contributed by atoms with Crippen LogP contribution in [0.4, 0.5) is 0 Å². The first kappa shape index (κ1) is 18.2. The first-order valence-corrected chi connectivity index (χ1v) is 9.63. The molecule has 2 aliphatic heterocycles. The van der Waals surface area contributed by atoms with Gasteiger partial charge in [0.15, 0.2) is 0 Å². The fourth-order valence-corrected chi connectivity index (χ4v) is 4.19. The molecule has 1 aromatic rings. The lowest BCUT2D eigenvalue weighted by atomic mass is 9.75. The van der Waals surface area contributed by atoms with Crippen LogP contribution in [0.25, 0.3) is 0 Å². The maximum atomic E-state index is 9.72. The van der Waals surface area contributed by atoms with Gasteiger partial charge in [0.1, 0.15) is 5.75 Å². The van der Waals surface area contributed by atoms with Crippen LogP contribution < -0.4 is 4.74 Å². The first-order chi connectivity index (χ1) is 12.1. The number of hydrogen-bond acceptors (Lipinski definition) is 4. The van der Waals surface area contributed by atoms with Gasteiger partial charge in [-0.15, -0.1) is 0 Å². The molecule has 0 aliphatic carbocycles. The molecule has 4 heteroatoms. The molecule has 3 rings (SSSR count). The lowest BCUT2D eigenvalue weighted by Gasteiger charge is -2.31. The van der Waals surface area contributed by atoms with Crippen molar-refractivity contribution in [3.63, 3.8) is 0 Å². The van der Waals surface area contributed by atoms with Gasteiger partial charge in [-0.3, -0.25) is 4.90 Å². The van der Waals surface area contributed by atoms with E-state index < -0.39 is 5.41 Å². The van der Waals surface area contributed by atoms with Crippen molar-refractivity contribution in [2.24, 2.45) is 0 Å². The Hall–Kier alpha value is -1.57. The summed E-state index contributed by atoms with van der Waals surface area (Å²) in [5, 5.41) is 9.72. The lowest BCUT2D eigenvalue weighted by molar-refractivity contribution is 0.0674. The Morgan fingerprint density at radius 3 is 2.64 bits per heavy atom. The van der Waals surface area contributed by atoms with Crippen molar-refractivity contribution in [3.8, 4) is 11.8 Å². The van der Waals surface area contributed by atoms with Gasteiger partial charge in [-0.25, -0.2) is 0 Å². The van der Waals surface area contributed by atoms with Gasteiger partial charge in [0.05, 0.1) is 18.1 Å². The minimum Gasteiger partial charge on any atom is -0.494 e. The van der Waals surface area contributed by atoms with E-state index in [4.69, 9.17) is 9.47 Å². The second-order valence-corrected chi connectivity index (χ2v) is 7.55. The van der Waals surface area contributed by atoms with Gasteiger partial charge in [0.25, 0.3) is 0 Å². The highest BCUT2D eigenvalue weighted by Crippen LogP contribution is 2.35. The molecule has 0 spiro atoms.